The van der Waals surface area contributed by atoms with Crippen LogP contribution in [0.3, 0.4) is 0 Å². The van der Waals surface area contributed by atoms with Crippen LogP contribution in [0.2, 0.25) is 0 Å². The van der Waals surface area contributed by atoms with E-state index in [0.29, 0.717) is 41.6 Å². The molecular formula is C18H22N2O4. The molecule has 6 nitrogen and oxygen atoms in total. The molecule has 0 amide bonds. The van der Waals surface area contributed by atoms with E-state index >= 15 is 0 Å². The van der Waals surface area contributed by atoms with Crippen LogP contribution in [0.15, 0.2) is 42.6 Å². The molecule has 0 saturated heterocycles. The zero-order valence-electron chi connectivity index (χ0n) is 14.5. The molecule has 0 unspecified atom stereocenters. The highest BCUT2D eigenvalue weighted by molar-refractivity contribution is 5.94. The third-order valence-electron chi connectivity index (χ3n) is 3.36. The van der Waals surface area contributed by atoms with Gasteiger partial charge in [0.1, 0.15) is 11.3 Å². The highest BCUT2D eigenvalue weighted by atomic mass is 16.5. The van der Waals surface area contributed by atoms with Crippen LogP contribution < -0.4 is 4.74 Å². The van der Waals surface area contributed by atoms with Gasteiger partial charge in [-0.15, -0.1) is 0 Å². The Labute approximate surface area is 141 Å². The van der Waals surface area contributed by atoms with Gasteiger partial charge < -0.3 is 14.2 Å². The maximum Gasteiger partial charge on any atom is 0.340 e. The van der Waals surface area contributed by atoms with Crippen molar-refractivity contribution >= 4 is 11.5 Å². The molecule has 0 fully saturated rings. The molecule has 2 aromatic rings. The van der Waals surface area contributed by atoms with Crippen molar-refractivity contribution in [1.29, 1.82) is 0 Å². The Morgan fingerprint density at radius 2 is 2.04 bits per heavy atom. The molecule has 0 aromatic carbocycles. The van der Waals surface area contributed by atoms with Crippen LogP contribution in [0.1, 0.15) is 36.7 Å². The average molecular weight is 330 g/mol. The lowest BCUT2D eigenvalue weighted by Crippen LogP contribution is -2.04. The Bertz CT molecular complexity index is 790. The first kappa shape index (κ1) is 17.6. The van der Waals surface area contributed by atoms with E-state index in [1.165, 1.54) is 0 Å². The van der Waals surface area contributed by atoms with Crippen molar-refractivity contribution in [2.45, 2.75) is 27.7 Å². The highest BCUT2D eigenvalue weighted by Gasteiger charge is 2.18. The lowest BCUT2D eigenvalue weighted by molar-refractivity contribution is 0.0525. The van der Waals surface area contributed by atoms with Crippen LogP contribution in [-0.2, 0) is 9.47 Å². The van der Waals surface area contributed by atoms with Crippen molar-refractivity contribution in [1.82, 2.24) is 9.61 Å². The van der Waals surface area contributed by atoms with Crippen molar-refractivity contribution in [3.63, 3.8) is 0 Å². The normalized spacial score (nSPS) is 11.4. The van der Waals surface area contributed by atoms with Crippen molar-refractivity contribution in [2.75, 3.05) is 13.2 Å². The van der Waals surface area contributed by atoms with Gasteiger partial charge >= 0.3 is 5.97 Å². The van der Waals surface area contributed by atoms with Crippen LogP contribution in [0, 0.1) is 6.92 Å². The molecule has 0 saturated carbocycles. The summed E-state index contributed by atoms with van der Waals surface area (Å²) in [5.74, 6) is 1.33. The summed E-state index contributed by atoms with van der Waals surface area (Å²) in [6.07, 6.45) is 4.95. The Morgan fingerprint density at radius 3 is 2.71 bits per heavy atom. The van der Waals surface area contributed by atoms with Gasteiger partial charge in [0, 0.05) is 18.3 Å². The molecule has 6 heteroatoms. The second-order valence-electron chi connectivity index (χ2n) is 5.13. The Hall–Kier alpha value is -2.76. The van der Waals surface area contributed by atoms with Crippen molar-refractivity contribution in [3.8, 4) is 5.75 Å². The first-order valence-corrected chi connectivity index (χ1v) is 7.79. The number of rotatable bonds is 7. The van der Waals surface area contributed by atoms with Crippen LogP contribution in [-0.4, -0.2) is 28.8 Å². The predicted octanol–water partition coefficient (Wildman–Crippen LogP) is 3.65. The van der Waals surface area contributed by atoms with E-state index in [0.717, 1.165) is 5.56 Å². The van der Waals surface area contributed by atoms with E-state index in [1.807, 2.05) is 20.8 Å². The largest absolute Gasteiger partial charge is 0.498 e. The highest BCUT2D eigenvalue weighted by Crippen LogP contribution is 2.28. The maximum atomic E-state index is 12.0. The third kappa shape index (κ3) is 3.76. The van der Waals surface area contributed by atoms with E-state index in [9.17, 15) is 4.79 Å². The van der Waals surface area contributed by atoms with Gasteiger partial charge in [0.05, 0.1) is 30.7 Å². The number of carbonyl (C=O) groups excluding carboxylic acids is 1. The zero-order chi connectivity index (χ0) is 17.7. The number of hydrogen-bond donors (Lipinski definition) is 0. The van der Waals surface area contributed by atoms with E-state index in [4.69, 9.17) is 14.2 Å². The van der Waals surface area contributed by atoms with Gasteiger partial charge in [-0.05, 0) is 33.3 Å². The minimum Gasteiger partial charge on any atom is -0.498 e. The van der Waals surface area contributed by atoms with Gasteiger partial charge in [-0.3, -0.25) is 0 Å². The second-order valence-corrected chi connectivity index (χ2v) is 5.13. The third-order valence-corrected chi connectivity index (χ3v) is 3.36. The Morgan fingerprint density at radius 1 is 1.33 bits per heavy atom. The number of fused-ring (bicyclic) bond motifs is 1. The van der Waals surface area contributed by atoms with Gasteiger partial charge in [0.2, 0.25) is 0 Å². The molecule has 0 aliphatic carbocycles. The molecule has 0 aliphatic heterocycles. The lowest BCUT2D eigenvalue weighted by atomic mass is 10.2. The number of esters is 1. The number of nitrogens with zero attached hydrogens (tertiary/aromatic N) is 2. The Kier molecular flexibility index (Phi) is 5.63. The molecule has 0 spiro atoms. The molecular weight excluding hydrogens is 308 g/mol. The van der Waals surface area contributed by atoms with Crippen LogP contribution >= 0.6 is 0 Å². The summed E-state index contributed by atoms with van der Waals surface area (Å²) in [6, 6.07) is 1.73. The molecule has 2 aromatic heterocycles. The van der Waals surface area contributed by atoms with E-state index in [2.05, 4.69) is 11.7 Å². The van der Waals surface area contributed by atoms with Gasteiger partial charge in [0.15, 0.2) is 5.75 Å². The standard InChI is InChI=1S/C18H22N2O4/c1-6-22-12(3)10-13(4)24-16-8-9-19-20-11-15(14(5)17(16)20)18(21)23-7-2/h8-11H,4,6-7H2,1-3,5H3/b12-10+. The van der Waals surface area contributed by atoms with Gasteiger partial charge in [0.25, 0.3) is 0 Å². The molecule has 0 radical (unpaired) electrons. The molecule has 0 atom stereocenters. The summed E-state index contributed by atoms with van der Waals surface area (Å²) in [4.78, 5) is 12.0. The fraction of sp³-hybridized carbons (Fsp3) is 0.333. The maximum absolute atomic E-state index is 12.0. The molecule has 0 bridgehead atoms. The van der Waals surface area contributed by atoms with Crippen molar-refractivity contribution in [3.05, 3.63) is 53.8 Å². The van der Waals surface area contributed by atoms with E-state index < -0.39 is 0 Å². The summed E-state index contributed by atoms with van der Waals surface area (Å²) in [7, 11) is 0. The molecule has 128 valence electrons. The fourth-order valence-electron chi connectivity index (χ4n) is 2.39. The summed E-state index contributed by atoms with van der Waals surface area (Å²) >= 11 is 0. The molecule has 2 rings (SSSR count). The van der Waals surface area contributed by atoms with Crippen molar-refractivity contribution < 1.29 is 19.0 Å². The van der Waals surface area contributed by atoms with Gasteiger partial charge in [-0.2, -0.15) is 5.10 Å². The minimum absolute atomic E-state index is 0.319. The smallest absolute Gasteiger partial charge is 0.340 e. The SMILES string of the molecule is C=C(/C=C(\C)OCC)Oc1ccnn2cc(C(=O)OCC)c(C)c12. The summed E-state index contributed by atoms with van der Waals surface area (Å²) in [5.41, 5.74) is 1.91. The number of aromatic nitrogens is 2. The number of allylic oxidation sites excluding steroid dienone is 2. The molecule has 24 heavy (non-hydrogen) atoms. The van der Waals surface area contributed by atoms with E-state index in [1.54, 1.807) is 36.0 Å². The number of ether oxygens (including phenoxy) is 3. The molecule has 0 N–H and O–H groups in total. The number of aryl methyl sites for hydroxylation is 1. The van der Waals surface area contributed by atoms with Crippen molar-refractivity contribution in [2.24, 2.45) is 0 Å². The summed E-state index contributed by atoms with van der Waals surface area (Å²) in [6.45, 7) is 12.1. The van der Waals surface area contributed by atoms with Gasteiger partial charge in [-0.1, -0.05) is 6.58 Å². The average Bonchev–Trinajstić information content (AvgIpc) is 2.86. The molecule has 0 aliphatic rings. The topological polar surface area (TPSA) is 62.1 Å². The molecule has 2 heterocycles. The summed E-state index contributed by atoms with van der Waals surface area (Å²) in [5, 5.41) is 4.22. The van der Waals surface area contributed by atoms with Crippen LogP contribution in [0.4, 0.5) is 0 Å². The monoisotopic (exact) mass is 330 g/mol. The number of hydrogen-bond acceptors (Lipinski definition) is 5. The lowest BCUT2D eigenvalue weighted by Gasteiger charge is -2.09. The number of carbonyl (C=O) groups is 1. The first-order valence-electron chi connectivity index (χ1n) is 7.79. The van der Waals surface area contributed by atoms with Crippen LogP contribution in [0.5, 0.6) is 5.75 Å². The Balaban J connectivity index is 2.36. The van der Waals surface area contributed by atoms with Gasteiger partial charge in [-0.25, -0.2) is 9.31 Å². The quantitative estimate of drug-likeness (QED) is 0.440. The zero-order valence-corrected chi connectivity index (χ0v) is 14.5. The predicted molar refractivity (Wildman–Crippen MR) is 91.0 cm³/mol. The first-order chi connectivity index (χ1) is 11.5. The second kappa shape index (κ2) is 7.68. The van der Waals surface area contributed by atoms with Crippen LogP contribution in [0.25, 0.3) is 5.52 Å². The fourth-order valence-corrected chi connectivity index (χ4v) is 2.39. The van der Waals surface area contributed by atoms with E-state index in [-0.39, 0.29) is 5.97 Å². The summed E-state index contributed by atoms with van der Waals surface area (Å²) < 4.78 is 17.9. The minimum atomic E-state index is -0.377.